The Kier molecular flexibility index (Phi) is 3.87. The van der Waals surface area contributed by atoms with Crippen LogP contribution in [-0.4, -0.2) is 26.0 Å². The Morgan fingerprint density at radius 3 is 3.19 bits per heavy atom. The Morgan fingerprint density at radius 2 is 2.33 bits per heavy atom. The van der Waals surface area contributed by atoms with Crippen molar-refractivity contribution in [2.75, 3.05) is 5.32 Å². The molecule has 0 fully saturated rings. The Balaban J connectivity index is 1.72. The monoisotopic (exact) mass is 284 g/mol. The molecule has 6 nitrogen and oxygen atoms in total. The molecule has 6 heteroatoms. The van der Waals surface area contributed by atoms with Gasteiger partial charge in [-0.3, -0.25) is 4.79 Å². The summed E-state index contributed by atoms with van der Waals surface area (Å²) in [4.78, 5) is 24.7. The number of aliphatic hydroxyl groups is 1. The summed E-state index contributed by atoms with van der Waals surface area (Å²) in [5.74, 6) is 0.245. The van der Waals surface area contributed by atoms with E-state index in [1.165, 1.54) is 0 Å². The van der Waals surface area contributed by atoms with Gasteiger partial charge in [0, 0.05) is 29.6 Å². The molecule has 0 spiro atoms. The number of anilines is 1. The van der Waals surface area contributed by atoms with Gasteiger partial charge in [-0.1, -0.05) is 6.07 Å². The number of rotatable bonds is 3. The van der Waals surface area contributed by atoms with Crippen molar-refractivity contribution < 1.29 is 9.90 Å². The van der Waals surface area contributed by atoms with Crippen molar-refractivity contribution >= 4 is 11.7 Å². The molecule has 108 valence electrons. The van der Waals surface area contributed by atoms with Crippen molar-refractivity contribution in [2.45, 2.75) is 25.9 Å². The zero-order valence-corrected chi connectivity index (χ0v) is 11.5. The number of carbonyl (C=O) groups excluding carboxylic acids is 1. The van der Waals surface area contributed by atoms with E-state index in [2.05, 4.69) is 20.3 Å². The van der Waals surface area contributed by atoms with Gasteiger partial charge in [-0.05, 0) is 30.9 Å². The van der Waals surface area contributed by atoms with Gasteiger partial charge in [-0.2, -0.15) is 0 Å². The van der Waals surface area contributed by atoms with E-state index in [0.29, 0.717) is 17.8 Å². The van der Waals surface area contributed by atoms with Crippen LogP contribution in [0.1, 0.15) is 23.2 Å². The molecule has 0 bridgehead atoms. The summed E-state index contributed by atoms with van der Waals surface area (Å²) in [7, 11) is 0. The fourth-order valence-electron chi connectivity index (χ4n) is 2.58. The lowest BCUT2D eigenvalue weighted by Crippen LogP contribution is -2.29. The Morgan fingerprint density at radius 1 is 1.43 bits per heavy atom. The van der Waals surface area contributed by atoms with Crippen LogP contribution in [0.2, 0.25) is 0 Å². The predicted octanol–water partition coefficient (Wildman–Crippen LogP) is 1.11. The molecule has 2 N–H and O–H groups in total. The molecule has 2 aromatic heterocycles. The normalized spacial score (nSPS) is 17.1. The first-order valence-electron chi connectivity index (χ1n) is 6.91. The second-order valence-corrected chi connectivity index (χ2v) is 5.09. The maximum atomic E-state index is 12.4. The third-order valence-corrected chi connectivity index (χ3v) is 3.75. The smallest absolute Gasteiger partial charge is 0.228 e. The van der Waals surface area contributed by atoms with E-state index < -0.39 is 0 Å². The van der Waals surface area contributed by atoms with Crippen molar-refractivity contribution in [1.82, 2.24) is 15.0 Å². The van der Waals surface area contributed by atoms with Crippen LogP contribution in [0.15, 0.2) is 30.9 Å². The van der Waals surface area contributed by atoms with Gasteiger partial charge in [0.05, 0.1) is 6.61 Å². The molecule has 1 aliphatic rings. The minimum Gasteiger partial charge on any atom is -0.392 e. The van der Waals surface area contributed by atoms with E-state index in [0.717, 1.165) is 24.1 Å². The number of pyridine rings is 1. The topological polar surface area (TPSA) is 88.0 Å². The zero-order chi connectivity index (χ0) is 14.7. The van der Waals surface area contributed by atoms with Crippen molar-refractivity contribution in [1.29, 1.82) is 0 Å². The molecule has 0 saturated heterocycles. The molecular weight excluding hydrogens is 268 g/mol. The Bertz CT molecular complexity index is 660. The van der Waals surface area contributed by atoms with E-state index in [1.54, 1.807) is 30.9 Å². The minimum atomic E-state index is -0.148. The highest BCUT2D eigenvalue weighted by Crippen LogP contribution is 2.24. The first-order chi connectivity index (χ1) is 10.3. The number of aromatic nitrogens is 3. The standard InChI is InChI=1S/C15H16N4O2/c20-8-11-2-1-5-17-14(11)19-15(21)10-3-4-13-12(6-10)7-16-9-18-13/h1-2,5,7,9-10,20H,3-4,6,8H2,(H,17,19,21). The summed E-state index contributed by atoms with van der Waals surface area (Å²) in [5.41, 5.74) is 2.68. The fraction of sp³-hybridized carbons (Fsp3) is 0.333. The maximum absolute atomic E-state index is 12.4. The molecule has 2 aromatic rings. The molecule has 0 radical (unpaired) electrons. The molecule has 0 saturated carbocycles. The predicted molar refractivity (Wildman–Crippen MR) is 76.3 cm³/mol. The summed E-state index contributed by atoms with van der Waals surface area (Å²) >= 11 is 0. The second kappa shape index (κ2) is 5.97. The van der Waals surface area contributed by atoms with E-state index >= 15 is 0 Å². The van der Waals surface area contributed by atoms with Crippen LogP contribution in [0.3, 0.4) is 0 Å². The highest BCUT2D eigenvalue weighted by molar-refractivity contribution is 5.92. The molecule has 1 atom stereocenters. The molecular formula is C15H16N4O2. The number of hydrogen-bond acceptors (Lipinski definition) is 5. The van der Waals surface area contributed by atoms with Crippen LogP contribution < -0.4 is 5.32 Å². The number of aryl methyl sites for hydroxylation is 1. The van der Waals surface area contributed by atoms with Crippen LogP contribution in [0, 0.1) is 5.92 Å². The number of amides is 1. The van der Waals surface area contributed by atoms with Gasteiger partial charge in [0.1, 0.15) is 12.1 Å². The van der Waals surface area contributed by atoms with Crippen LogP contribution in [0.4, 0.5) is 5.82 Å². The molecule has 1 unspecified atom stereocenters. The highest BCUT2D eigenvalue weighted by atomic mass is 16.3. The third kappa shape index (κ3) is 2.90. The minimum absolute atomic E-state index is 0.0714. The molecule has 3 rings (SSSR count). The summed E-state index contributed by atoms with van der Waals surface area (Å²) in [6.07, 6.45) is 7.10. The maximum Gasteiger partial charge on any atom is 0.228 e. The average Bonchev–Trinajstić information content (AvgIpc) is 2.55. The van der Waals surface area contributed by atoms with Gasteiger partial charge in [0.25, 0.3) is 0 Å². The number of carbonyl (C=O) groups is 1. The molecule has 0 aliphatic heterocycles. The number of nitrogens with zero attached hydrogens (tertiary/aromatic N) is 3. The Labute approximate surface area is 122 Å². The van der Waals surface area contributed by atoms with Gasteiger partial charge in [-0.25, -0.2) is 15.0 Å². The SMILES string of the molecule is O=C(Nc1ncccc1CO)C1CCc2ncncc2C1. The van der Waals surface area contributed by atoms with E-state index in [-0.39, 0.29) is 18.4 Å². The second-order valence-electron chi connectivity index (χ2n) is 5.09. The van der Waals surface area contributed by atoms with E-state index in [9.17, 15) is 9.90 Å². The van der Waals surface area contributed by atoms with Crippen LogP contribution in [0.25, 0.3) is 0 Å². The van der Waals surface area contributed by atoms with Crippen LogP contribution in [0.5, 0.6) is 0 Å². The van der Waals surface area contributed by atoms with Crippen LogP contribution in [-0.2, 0) is 24.2 Å². The Hall–Kier alpha value is -2.34. The summed E-state index contributed by atoms with van der Waals surface area (Å²) in [6, 6.07) is 3.47. The first kappa shape index (κ1) is 13.6. The summed E-state index contributed by atoms with van der Waals surface area (Å²) in [6.45, 7) is -0.148. The van der Waals surface area contributed by atoms with Crippen LogP contribution >= 0.6 is 0 Å². The molecule has 0 aromatic carbocycles. The van der Waals surface area contributed by atoms with E-state index in [1.807, 2.05) is 0 Å². The van der Waals surface area contributed by atoms with Crippen molar-refractivity contribution in [3.63, 3.8) is 0 Å². The van der Waals surface area contributed by atoms with Crippen molar-refractivity contribution in [2.24, 2.45) is 5.92 Å². The summed E-state index contributed by atoms with van der Waals surface area (Å²) < 4.78 is 0. The largest absolute Gasteiger partial charge is 0.392 e. The first-order valence-corrected chi connectivity index (χ1v) is 6.91. The van der Waals surface area contributed by atoms with Gasteiger partial charge >= 0.3 is 0 Å². The quantitative estimate of drug-likeness (QED) is 0.881. The lowest BCUT2D eigenvalue weighted by atomic mass is 9.87. The van der Waals surface area contributed by atoms with Crippen molar-refractivity contribution in [3.8, 4) is 0 Å². The lowest BCUT2D eigenvalue weighted by molar-refractivity contribution is -0.120. The number of fused-ring (bicyclic) bond motifs is 1. The number of aliphatic hydroxyl groups excluding tert-OH is 1. The zero-order valence-electron chi connectivity index (χ0n) is 11.5. The third-order valence-electron chi connectivity index (χ3n) is 3.75. The molecule has 1 amide bonds. The van der Waals surface area contributed by atoms with Gasteiger partial charge < -0.3 is 10.4 Å². The van der Waals surface area contributed by atoms with Gasteiger partial charge in [0.15, 0.2) is 0 Å². The van der Waals surface area contributed by atoms with Crippen molar-refractivity contribution in [3.05, 3.63) is 47.7 Å². The van der Waals surface area contributed by atoms with Gasteiger partial charge in [-0.15, -0.1) is 0 Å². The molecule has 1 aliphatic carbocycles. The highest BCUT2D eigenvalue weighted by Gasteiger charge is 2.26. The lowest BCUT2D eigenvalue weighted by Gasteiger charge is -2.22. The number of nitrogens with one attached hydrogen (secondary N) is 1. The average molecular weight is 284 g/mol. The number of hydrogen-bond donors (Lipinski definition) is 2. The fourth-order valence-corrected chi connectivity index (χ4v) is 2.58. The molecule has 21 heavy (non-hydrogen) atoms. The van der Waals surface area contributed by atoms with Gasteiger partial charge in [0.2, 0.25) is 5.91 Å². The van der Waals surface area contributed by atoms with E-state index in [4.69, 9.17) is 0 Å². The molecule has 2 heterocycles. The summed E-state index contributed by atoms with van der Waals surface area (Å²) in [5, 5.41) is 12.1.